The van der Waals surface area contributed by atoms with E-state index in [1.165, 1.54) is 22.7 Å². The minimum atomic E-state index is -0.688. The number of ether oxygens (including phenoxy) is 2. The van der Waals surface area contributed by atoms with Crippen molar-refractivity contribution in [3.63, 3.8) is 0 Å². The van der Waals surface area contributed by atoms with Gasteiger partial charge in [-0.05, 0) is 144 Å². The van der Waals surface area contributed by atoms with Crippen LogP contribution in [-0.2, 0) is 11.2 Å². The molecule has 66 heavy (non-hydrogen) atoms. The van der Waals surface area contributed by atoms with Gasteiger partial charge in [0, 0.05) is 43.1 Å². The topological polar surface area (TPSA) is 86.7 Å². The van der Waals surface area contributed by atoms with E-state index in [2.05, 4.69) is 76.2 Å². The summed E-state index contributed by atoms with van der Waals surface area (Å²) in [5, 5.41) is 8.04. The zero-order valence-corrected chi connectivity index (χ0v) is 38.9. The number of allylic oxidation sites excluding steroid dienone is 2. The number of benzene rings is 6. The van der Waals surface area contributed by atoms with Crippen molar-refractivity contribution in [2.75, 3.05) is 0 Å². The summed E-state index contributed by atoms with van der Waals surface area (Å²) in [6.07, 6.45) is 3.47. The summed E-state index contributed by atoms with van der Waals surface area (Å²) in [7, 11) is 0. The van der Waals surface area contributed by atoms with Crippen molar-refractivity contribution in [1.29, 1.82) is 0 Å². The van der Waals surface area contributed by atoms with Gasteiger partial charge in [0.25, 0.3) is 0 Å². The Morgan fingerprint density at radius 3 is 1.03 bits per heavy atom. The lowest BCUT2D eigenvalue weighted by Crippen LogP contribution is -2.27. The lowest BCUT2D eigenvalue weighted by atomic mass is 9.92. The Balaban J connectivity index is 0.822. The van der Waals surface area contributed by atoms with Gasteiger partial charge in [-0.3, -0.25) is 19.2 Å². The van der Waals surface area contributed by atoms with Crippen LogP contribution in [0.1, 0.15) is 90.0 Å². The molecule has 2 aliphatic carbocycles. The largest absolute Gasteiger partial charge is 0.481 e. The Labute approximate surface area is 392 Å². The number of Topliss-reactive ketones (excluding diaryl/α,β-unsaturated/α-hetero) is 4. The van der Waals surface area contributed by atoms with Gasteiger partial charge in [-0.2, -0.15) is 0 Å². The summed E-state index contributed by atoms with van der Waals surface area (Å²) in [5.74, 6) is 0.424. The number of ketones is 4. The molecule has 0 amide bonds. The Morgan fingerprint density at radius 1 is 0.394 bits per heavy atom. The fourth-order valence-electron chi connectivity index (χ4n) is 10.5. The van der Waals surface area contributed by atoms with E-state index in [0.29, 0.717) is 22.3 Å². The maximum absolute atomic E-state index is 13.9. The zero-order chi connectivity index (χ0) is 44.7. The molecule has 0 bridgehead atoms. The first-order chi connectivity index (χ1) is 31.8. The quantitative estimate of drug-likeness (QED) is 0.0975. The number of carbonyl (C=O) groups excluding carboxylic acids is 4. The van der Waals surface area contributed by atoms with Gasteiger partial charge < -0.3 is 9.47 Å². The minimum absolute atomic E-state index is 0.165. The van der Waals surface area contributed by atoms with E-state index < -0.39 is 11.2 Å². The van der Waals surface area contributed by atoms with Crippen molar-refractivity contribution in [2.24, 2.45) is 0 Å². The Hall–Kier alpha value is -6.82. The Morgan fingerprint density at radius 2 is 0.712 bits per heavy atom. The minimum Gasteiger partial charge on any atom is -0.481 e. The summed E-state index contributed by atoms with van der Waals surface area (Å²) < 4.78 is 15.9. The number of hydrogen-bond donors (Lipinski definition) is 0. The monoisotopic (exact) mass is 928 g/mol. The van der Waals surface area contributed by atoms with Crippen LogP contribution in [-0.4, -0.2) is 23.1 Å². The Kier molecular flexibility index (Phi) is 7.55. The molecule has 0 saturated carbocycles. The third-order valence-corrected chi connectivity index (χ3v) is 18.5. The van der Waals surface area contributed by atoms with Crippen LogP contribution in [0.4, 0.5) is 0 Å². The van der Waals surface area contributed by atoms with Crippen LogP contribution in [0, 0.1) is 0 Å². The molecule has 10 heteroatoms. The summed E-state index contributed by atoms with van der Waals surface area (Å²) in [4.78, 5) is 61.4. The fourth-order valence-corrected chi connectivity index (χ4v) is 16.3. The second kappa shape index (κ2) is 13.0. The van der Waals surface area contributed by atoms with Crippen molar-refractivity contribution in [1.82, 2.24) is 0 Å². The molecule has 6 heterocycles. The zero-order valence-electron chi connectivity index (χ0n) is 35.6. The summed E-state index contributed by atoms with van der Waals surface area (Å²) in [6, 6.07) is 35.8. The summed E-state index contributed by atoms with van der Waals surface area (Å²) in [5.41, 5.74) is 2.92. The average Bonchev–Trinajstić information content (AvgIpc) is 4.13. The Bertz CT molecular complexity index is 3670. The first-order valence-corrected chi connectivity index (χ1v) is 24.9. The van der Waals surface area contributed by atoms with E-state index >= 15 is 0 Å². The van der Waals surface area contributed by atoms with Crippen molar-refractivity contribution in [2.45, 2.75) is 38.9 Å². The SMILES string of the molecule is CC1(C)Oc2cc(C=C3C(=O)c4cc5cc6ccccc6cc5cc4C3=O)sc2-c2sc3c4c(sc3c21)-c1sc(C=C2C(=O)c3cc5cc6ccccc6cc5cc3C2=O)cc1OC4(C)C. The van der Waals surface area contributed by atoms with Crippen molar-refractivity contribution in [3.05, 3.63) is 163 Å². The highest BCUT2D eigenvalue weighted by molar-refractivity contribution is 7.34. The number of thiophene rings is 4. The first kappa shape index (κ1) is 38.4. The van der Waals surface area contributed by atoms with Crippen molar-refractivity contribution < 1.29 is 28.7 Å². The molecule has 0 radical (unpaired) electrons. The van der Waals surface area contributed by atoms with E-state index in [4.69, 9.17) is 9.47 Å². The molecule has 6 aromatic carbocycles. The normalized spacial score (nSPS) is 16.4. The van der Waals surface area contributed by atoms with Crippen LogP contribution in [0.2, 0.25) is 0 Å². The smallest absolute Gasteiger partial charge is 0.197 e. The highest BCUT2D eigenvalue weighted by Gasteiger charge is 2.45. The molecule has 0 unspecified atom stereocenters. The molecule has 0 atom stereocenters. The number of carbonyl (C=O) groups is 4. The number of fused-ring (bicyclic) bond motifs is 15. The molecule has 0 fully saturated rings. The van der Waals surface area contributed by atoms with Crippen molar-refractivity contribution in [3.8, 4) is 31.0 Å². The molecule has 14 rings (SSSR count). The van der Waals surface area contributed by atoms with Gasteiger partial charge in [-0.1, -0.05) is 48.5 Å². The van der Waals surface area contributed by atoms with Crippen LogP contribution in [0.15, 0.2) is 120 Å². The highest BCUT2D eigenvalue weighted by atomic mass is 32.1. The number of hydrogen-bond acceptors (Lipinski definition) is 10. The molecule has 10 aromatic rings. The third-order valence-electron chi connectivity index (χ3n) is 13.5. The molecule has 4 aromatic heterocycles. The fraction of sp³-hybridized carbons (Fsp3) is 0.107. The predicted molar refractivity (Wildman–Crippen MR) is 270 cm³/mol. The maximum atomic E-state index is 13.9. The standard InChI is InChI=1S/C56H32O6S4/c1-55(2)43-51(49-41(61-55)23-33(63-49)21-39-45(57)35-17-29-13-25-9-5-6-10-26(25)14-30(29)18-36(35)46(39)58)65-54-44-52(66-53(43)54)50-42(62-56(44,3)4)24-34(64-50)22-40-47(59)37-19-31-15-27-11-7-8-12-28(27)16-32(31)20-38(37)48(40)60/h5-24H,1-4H3. The molecule has 4 aliphatic rings. The van der Waals surface area contributed by atoms with Gasteiger partial charge in [0.05, 0.1) is 40.1 Å². The van der Waals surface area contributed by atoms with Gasteiger partial charge in [0.15, 0.2) is 23.1 Å². The third kappa shape index (κ3) is 5.26. The molecule has 2 aliphatic heterocycles. The molecule has 6 nitrogen and oxygen atoms in total. The maximum Gasteiger partial charge on any atom is 0.197 e. The molecule has 0 N–H and O–H groups in total. The summed E-state index contributed by atoms with van der Waals surface area (Å²) in [6.45, 7) is 8.36. The molecule has 0 saturated heterocycles. The summed E-state index contributed by atoms with van der Waals surface area (Å²) >= 11 is 6.52. The van der Waals surface area contributed by atoms with E-state index in [0.717, 1.165) is 104 Å². The van der Waals surface area contributed by atoms with Crippen molar-refractivity contribution >= 4 is 133 Å². The van der Waals surface area contributed by atoms with E-state index in [1.807, 2.05) is 60.7 Å². The second-order valence-electron chi connectivity index (χ2n) is 18.5. The first-order valence-electron chi connectivity index (χ1n) is 21.6. The van der Waals surface area contributed by atoms with Crippen LogP contribution in [0.5, 0.6) is 11.5 Å². The van der Waals surface area contributed by atoms with E-state index in [1.54, 1.807) is 34.8 Å². The predicted octanol–water partition coefficient (Wildman–Crippen LogP) is 15.2. The van der Waals surface area contributed by atoms with Crippen LogP contribution >= 0.6 is 45.3 Å². The highest BCUT2D eigenvalue weighted by Crippen LogP contribution is 2.63. The van der Waals surface area contributed by atoms with Crippen LogP contribution in [0.3, 0.4) is 0 Å². The second-order valence-corrected chi connectivity index (χ2v) is 22.7. The molecular formula is C56H32O6S4. The molecular weight excluding hydrogens is 897 g/mol. The van der Waals surface area contributed by atoms with E-state index in [9.17, 15) is 19.2 Å². The van der Waals surface area contributed by atoms with Gasteiger partial charge in [0.2, 0.25) is 0 Å². The van der Waals surface area contributed by atoms with Gasteiger partial charge >= 0.3 is 0 Å². The lowest BCUT2D eigenvalue weighted by molar-refractivity contribution is 0.0975. The van der Waals surface area contributed by atoms with Crippen LogP contribution < -0.4 is 9.47 Å². The number of rotatable bonds is 2. The van der Waals surface area contributed by atoms with E-state index in [-0.39, 0.29) is 34.3 Å². The van der Waals surface area contributed by atoms with Crippen LogP contribution in [0.25, 0.3) is 84.2 Å². The molecule has 316 valence electrons. The average molecular weight is 929 g/mol. The van der Waals surface area contributed by atoms with Gasteiger partial charge in [0.1, 0.15) is 22.7 Å². The molecule has 0 spiro atoms. The van der Waals surface area contributed by atoms with Gasteiger partial charge in [-0.25, -0.2) is 0 Å². The van der Waals surface area contributed by atoms with Gasteiger partial charge in [-0.15, -0.1) is 45.3 Å². The lowest BCUT2D eigenvalue weighted by Gasteiger charge is -2.31.